The molecule has 0 unspecified atom stereocenters. The van der Waals surface area contributed by atoms with E-state index in [0.29, 0.717) is 24.4 Å². The van der Waals surface area contributed by atoms with Crippen LogP contribution in [0.15, 0.2) is 6.07 Å². The van der Waals surface area contributed by atoms with Gasteiger partial charge in [0, 0.05) is 32.9 Å². The summed E-state index contributed by atoms with van der Waals surface area (Å²) in [4.78, 5) is 11.0. The molecule has 7 nitrogen and oxygen atoms in total. The zero-order valence-corrected chi connectivity index (χ0v) is 12.1. The quantitative estimate of drug-likeness (QED) is 0.592. The summed E-state index contributed by atoms with van der Waals surface area (Å²) in [6.45, 7) is 5.04. The maximum atomic E-state index is 5.66. The van der Waals surface area contributed by atoms with Gasteiger partial charge in [-0.3, -0.25) is 0 Å². The second-order valence-corrected chi connectivity index (χ2v) is 4.75. The van der Waals surface area contributed by atoms with Crippen molar-refractivity contribution in [3.05, 3.63) is 11.9 Å². The summed E-state index contributed by atoms with van der Waals surface area (Å²) < 4.78 is 10.7. The zero-order valence-electron chi connectivity index (χ0n) is 12.1. The van der Waals surface area contributed by atoms with E-state index in [2.05, 4.69) is 20.3 Å². The second-order valence-electron chi connectivity index (χ2n) is 4.75. The lowest BCUT2D eigenvalue weighted by Crippen LogP contribution is -2.37. The molecule has 3 N–H and O–H groups in total. The van der Waals surface area contributed by atoms with Crippen molar-refractivity contribution in [2.24, 2.45) is 5.84 Å². The van der Waals surface area contributed by atoms with Crippen molar-refractivity contribution in [2.75, 3.05) is 37.1 Å². The highest BCUT2D eigenvalue weighted by Gasteiger charge is 2.21. The van der Waals surface area contributed by atoms with Crippen LogP contribution in [0, 0.1) is 0 Å². The van der Waals surface area contributed by atoms with Crippen LogP contribution in [0.25, 0.3) is 0 Å². The standard InChI is InChI=1S/C13H23N5O2/c1-3-20-10-4-6-18(7-5-10)13-8-11(17-14)15-12(16-13)9-19-2/h8,10H,3-7,9,14H2,1-2H3,(H,15,16,17). The number of hydrazine groups is 1. The molecule has 20 heavy (non-hydrogen) atoms. The van der Waals surface area contributed by atoms with Crippen molar-refractivity contribution >= 4 is 11.6 Å². The average molecular weight is 281 g/mol. The molecule has 2 heterocycles. The highest BCUT2D eigenvalue weighted by molar-refractivity contribution is 5.49. The fraction of sp³-hybridized carbons (Fsp3) is 0.692. The van der Waals surface area contributed by atoms with Crippen LogP contribution < -0.4 is 16.2 Å². The van der Waals surface area contributed by atoms with Gasteiger partial charge in [0.2, 0.25) is 0 Å². The van der Waals surface area contributed by atoms with Gasteiger partial charge in [0.05, 0.1) is 6.10 Å². The van der Waals surface area contributed by atoms with Crippen molar-refractivity contribution < 1.29 is 9.47 Å². The molecule has 1 fully saturated rings. The maximum absolute atomic E-state index is 5.66. The molecule has 2 rings (SSSR count). The number of aromatic nitrogens is 2. The number of nitrogens with one attached hydrogen (secondary N) is 1. The topological polar surface area (TPSA) is 85.5 Å². The van der Waals surface area contributed by atoms with E-state index in [1.54, 1.807) is 7.11 Å². The van der Waals surface area contributed by atoms with Gasteiger partial charge in [0.1, 0.15) is 18.2 Å². The summed E-state index contributed by atoms with van der Waals surface area (Å²) in [5, 5.41) is 0. The molecular formula is C13H23N5O2. The molecule has 0 amide bonds. The van der Waals surface area contributed by atoms with Gasteiger partial charge in [-0.05, 0) is 19.8 Å². The van der Waals surface area contributed by atoms with Gasteiger partial charge in [-0.1, -0.05) is 0 Å². The molecule has 0 saturated carbocycles. The molecule has 1 aliphatic heterocycles. The third-order valence-electron chi connectivity index (χ3n) is 3.35. The Bertz CT molecular complexity index is 421. The predicted octanol–water partition coefficient (Wildman–Crippen LogP) is 0.914. The number of anilines is 2. The first kappa shape index (κ1) is 15.0. The fourth-order valence-corrected chi connectivity index (χ4v) is 2.40. The van der Waals surface area contributed by atoms with E-state index < -0.39 is 0 Å². The molecule has 0 aliphatic carbocycles. The molecule has 112 valence electrons. The van der Waals surface area contributed by atoms with E-state index in [0.717, 1.165) is 38.4 Å². The SMILES string of the molecule is CCOC1CCN(c2cc(NN)nc(COC)n2)CC1. The van der Waals surface area contributed by atoms with Crippen LogP contribution in [0.5, 0.6) is 0 Å². The molecule has 0 spiro atoms. The first-order valence-electron chi connectivity index (χ1n) is 6.96. The highest BCUT2D eigenvalue weighted by Crippen LogP contribution is 2.21. The zero-order chi connectivity index (χ0) is 14.4. The molecule has 7 heteroatoms. The smallest absolute Gasteiger partial charge is 0.158 e. The van der Waals surface area contributed by atoms with Crippen LogP contribution in [0.4, 0.5) is 11.6 Å². The van der Waals surface area contributed by atoms with Gasteiger partial charge in [-0.25, -0.2) is 15.8 Å². The molecule has 0 aromatic carbocycles. The number of rotatable bonds is 6. The van der Waals surface area contributed by atoms with Gasteiger partial charge in [0.25, 0.3) is 0 Å². The van der Waals surface area contributed by atoms with Crippen LogP contribution in [0.2, 0.25) is 0 Å². The van der Waals surface area contributed by atoms with Gasteiger partial charge >= 0.3 is 0 Å². The Kier molecular flexibility index (Phi) is 5.51. The molecular weight excluding hydrogens is 258 g/mol. The van der Waals surface area contributed by atoms with Crippen LogP contribution in [-0.4, -0.2) is 42.9 Å². The first-order chi connectivity index (χ1) is 9.76. The minimum atomic E-state index is 0.364. The Hall–Kier alpha value is -1.44. The number of nitrogens with zero attached hydrogens (tertiary/aromatic N) is 3. The molecule has 1 aromatic rings. The summed E-state index contributed by atoms with van der Waals surface area (Å²) in [5.41, 5.74) is 2.58. The Morgan fingerprint density at radius 1 is 1.40 bits per heavy atom. The number of piperidine rings is 1. The third kappa shape index (κ3) is 3.78. The van der Waals surface area contributed by atoms with Crippen molar-refractivity contribution in [2.45, 2.75) is 32.5 Å². The largest absolute Gasteiger partial charge is 0.378 e. The number of methoxy groups -OCH3 is 1. The number of nitrogen functional groups attached to an aromatic ring is 1. The minimum Gasteiger partial charge on any atom is -0.378 e. The summed E-state index contributed by atoms with van der Waals surface area (Å²) >= 11 is 0. The van der Waals surface area contributed by atoms with E-state index >= 15 is 0 Å². The minimum absolute atomic E-state index is 0.364. The number of hydrogen-bond donors (Lipinski definition) is 2. The maximum Gasteiger partial charge on any atom is 0.158 e. The van der Waals surface area contributed by atoms with Crippen LogP contribution in [0.3, 0.4) is 0 Å². The molecule has 1 aromatic heterocycles. The highest BCUT2D eigenvalue weighted by atomic mass is 16.5. The van der Waals surface area contributed by atoms with Crippen molar-refractivity contribution in [3.8, 4) is 0 Å². The molecule has 0 radical (unpaired) electrons. The summed E-state index contributed by atoms with van der Waals surface area (Å²) in [7, 11) is 1.62. The van der Waals surface area contributed by atoms with Crippen molar-refractivity contribution in [3.63, 3.8) is 0 Å². The average Bonchev–Trinajstić information content (AvgIpc) is 2.48. The van der Waals surface area contributed by atoms with Gasteiger partial charge in [0.15, 0.2) is 5.82 Å². The number of ether oxygens (including phenoxy) is 2. The van der Waals surface area contributed by atoms with Crippen LogP contribution in [0.1, 0.15) is 25.6 Å². The summed E-state index contributed by atoms with van der Waals surface area (Å²) in [6.07, 6.45) is 2.40. The van der Waals surface area contributed by atoms with E-state index in [-0.39, 0.29) is 0 Å². The Labute approximate surface area is 119 Å². The Morgan fingerprint density at radius 2 is 2.15 bits per heavy atom. The van der Waals surface area contributed by atoms with Gasteiger partial charge in [-0.15, -0.1) is 0 Å². The van der Waals surface area contributed by atoms with E-state index in [1.807, 2.05) is 13.0 Å². The fourth-order valence-electron chi connectivity index (χ4n) is 2.40. The Balaban J connectivity index is 2.06. The number of hydrogen-bond acceptors (Lipinski definition) is 7. The lowest BCUT2D eigenvalue weighted by molar-refractivity contribution is 0.0458. The van der Waals surface area contributed by atoms with Crippen LogP contribution in [-0.2, 0) is 16.1 Å². The molecule has 0 bridgehead atoms. The van der Waals surface area contributed by atoms with Gasteiger partial charge in [-0.2, -0.15) is 0 Å². The normalized spacial score (nSPS) is 16.4. The van der Waals surface area contributed by atoms with Crippen LogP contribution >= 0.6 is 0 Å². The number of nitrogens with two attached hydrogens (primary N) is 1. The molecule has 0 atom stereocenters. The first-order valence-corrected chi connectivity index (χ1v) is 6.96. The lowest BCUT2D eigenvalue weighted by Gasteiger charge is -2.32. The molecule has 1 saturated heterocycles. The lowest BCUT2D eigenvalue weighted by atomic mass is 10.1. The van der Waals surface area contributed by atoms with Gasteiger partial charge < -0.3 is 19.8 Å². The van der Waals surface area contributed by atoms with Crippen molar-refractivity contribution in [1.82, 2.24) is 9.97 Å². The third-order valence-corrected chi connectivity index (χ3v) is 3.35. The second kappa shape index (κ2) is 7.37. The Morgan fingerprint density at radius 3 is 2.75 bits per heavy atom. The van der Waals surface area contributed by atoms with E-state index in [4.69, 9.17) is 15.3 Å². The molecule has 1 aliphatic rings. The summed E-state index contributed by atoms with van der Waals surface area (Å²) in [6, 6.07) is 1.86. The van der Waals surface area contributed by atoms with Crippen molar-refractivity contribution in [1.29, 1.82) is 0 Å². The van der Waals surface area contributed by atoms with E-state index in [9.17, 15) is 0 Å². The van der Waals surface area contributed by atoms with E-state index in [1.165, 1.54) is 0 Å². The monoisotopic (exact) mass is 281 g/mol. The predicted molar refractivity (Wildman–Crippen MR) is 77.4 cm³/mol. The summed E-state index contributed by atoms with van der Waals surface area (Å²) in [5.74, 6) is 7.57.